The molecule has 1 N–H and O–H groups in total. The van der Waals surface area contributed by atoms with Crippen LogP contribution in [0.5, 0.6) is 5.75 Å². The molecule has 2 aromatic rings. The highest BCUT2D eigenvalue weighted by Crippen LogP contribution is 2.27. The summed E-state index contributed by atoms with van der Waals surface area (Å²) in [5, 5.41) is 9.60. The zero-order valence-corrected chi connectivity index (χ0v) is 12.6. The number of fused-ring (bicyclic) bond motifs is 1. The summed E-state index contributed by atoms with van der Waals surface area (Å²) in [5.41, 5.74) is 3.81. The van der Waals surface area contributed by atoms with Gasteiger partial charge in [0.25, 0.3) is 5.91 Å². The Labute approximate surface area is 124 Å². The standard InChI is InChI=1S/C17H19NO3/c1-10-11(2)21-12(3)16(10)17(20)18-7-6-13-4-5-15(19)8-14(13)9-18/h4-5,8,19H,6-7,9H2,1-3H3. The number of rotatable bonds is 1. The van der Waals surface area contributed by atoms with Crippen molar-refractivity contribution in [2.75, 3.05) is 6.54 Å². The topological polar surface area (TPSA) is 53.7 Å². The van der Waals surface area contributed by atoms with E-state index in [0.29, 0.717) is 24.4 Å². The lowest BCUT2D eigenvalue weighted by Crippen LogP contribution is -2.36. The lowest BCUT2D eigenvalue weighted by atomic mass is 9.98. The third-order valence-electron chi connectivity index (χ3n) is 4.26. The summed E-state index contributed by atoms with van der Waals surface area (Å²) in [7, 11) is 0. The summed E-state index contributed by atoms with van der Waals surface area (Å²) < 4.78 is 5.56. The predicted molar refractivity (Wildman–Crippen MR) is 79.5 cm³/mol. The highest BCUT2D eigenvalue weighted by molar-refractivity contribution is 5.97. The summed E-state index contributed by atoms with van der Waals surface area (Å²) >= 11 is 0. The normalized spacial score (nSPS) is 14.1. The van der Waals surface area contributed by atoms with Gasteiger partial charge in [-0.1, -0.05) is 6.07 Å². The number of carbonyl (C=O) groups is 1. The second kappa shape index (κ2) is 4.95. The highest BCUT2D eigenvalue weighted by Gasteiger charge is 2.26. The first-order valence-corrected chi connectivity index (χ1v) is 7.14. The van der Waals surface area contributed by atoms with Crippen molar-refractivity contribution in [3.8, 4) is 5.75 Å². The highest BCUT2D eigenvalue weighted by atomic mass is 16.3. The van der Waals surface area contributed by atoms with Crippen LogP contribution in [-0.4, -0.2) is 22.5 Å². The molecule has 0 aliphatic carbocycles. The van der Waals surface area contributed by atoms with Crippen LogP contribution in [0.1, 0.15) is 38.6 Å². The summed E-state index contributed by atoms with van der Waals surface area (Å²) in [6, 6.07) is 5.38. The molecular formula is C17H19NO3. The van der Waals surface area contributed by atoms with Crippen molar-refractivity contribution in [2.24, 2.45) is 0 Å². The second-order valence-corrected chi connectivity index (χ2v) is 5.64. The summed E-state index contributed by atoms with van der Waals surface area (Å²) in [6.07, 6.45) is 0.816. The van der Waals surface area contributed by atoms with Crippen molar-refractivity contribution in [2.45, 2.75) is 33.7 Å². The molecule has 1 aromatic carbocycles. The van der Waals surface area contributed by atoms with Crippen molar-refractivity contribution >= 4 is 5.91 Å². The number of phenols is 1. The zero-order chi connectivity index (χ0) is 15.1. The Kier molecular flexibility index (Phi) is 3.24. The van der Waals surface area contributed by atoms with Gasteiger partial charge in [0.05, 0.1) is 5.56 Å². The van der Waals surface area contributed by atoms with Crippen LogP contribution in [-0.2, 0) is 13.0 Å². The van der Waals surface area contributed by atoms with E-state index >= 15 is 0 Å². The minimum atomic E-state index is 0.0100. The maximum Gasteiger partial charge on any atom is 0.257 e. The Morgan fingerprint density at radius 2 is 1.95 bits per heavy atom. The van der Waals surface area contributed by atoms with E-state index in [1.54, 1.807) is 12.1 Å². The Morgan fingerprint density at radius 3 is 2.62 bits per heavy atom. The first-order valence-electron chi connectivity index (χ1n) is 7.14. The minimum Gasteiger partial charge on any atom is -0.508 e. The molecule has 1 aromatic heterocycles. The number of furan rings is 1. The van der Waals surface area contributed by atoms with E-state index in [1.165, 1.54) is 5.56 Å². The molecule has 1 amide bonds. The first kappa shape index (κ1) is 13.7. The lowest BCUT2D eigenvalue weighted by Gasteiger charge is -2.29. The van der Waals surface area contributed by atoms with E-state index in [1.807, 2.05) is 31.7 Å². The summed E-state index contributed by atoms with van der Waals surface area (Å²) in [4.78, 5) is 14.6. The number of aryl methyl sites for hydroxylation is 2. The number of nitrogens with zero attached hydrogens (tertiary/aromatic N) is 1. The van der Waals surface area contributed by atoms with Crippen LogP contribution in [0.2, 0.25) is 0 Å². The van der Waals surface area contributed by atoms with Gasteiger partial charge in [0.15, 0.2) is 0 Å². The molecule has 0 fully saturated rings. The molecule has 0 radical (unpaired) electrons. The Morgan fingerprint density at radius 1 is 1.19 bits per heavy atom. The van der Waals surface area contributed by atoms with Crippen molar-refractivity contribution in [3.63, 3.8) is 0 Å². The Balaban J connectivity index is 1.90. The van der Waals surface area contributed by atoms with Crippen LogP contribution in [0.15, 0.2) is 22.6 Å². The SMILES string of the molecule is Cc1oc(C)c(C(=O)N2CCc3ccc(O)cc3C2)c1C. The molecular weight excluding hydrogens is 266 g/mol. The van der Waals surface area contributed by atoms with Gasteiger partial charge in [0.2, 0.25) is 0 Å². The van der Waals surface area contributed by atoms with Crippen LogP contribution in [0, 0.1) is 20.8 Å². The van der Waals surface area contributed by atoms with Gasteiger partial charge in [-0.2, -0.15) is 0 Å². The molecule has 0 saturated carbocycles. The van der Waals surface area contributed by atoms with E-state index in [2.05, 4.69) is 0 Å². The van der Waals surface area contributed by atoms with Gasteiger partial charge in [0.1, 0.15) is 17.3 Å². The lowest BCUT2D eigenvalue weighted by molar-refractivity contribution is 0.0732. The van der Waals surface area contributed by atoms with E-state index in [9.17, 15) is 9.90 Å². The number of carbonyl (C=O) groups excluding carboxylic acids is 1. The fraction of sp³-hybridized carbons (Fsp3) is 0.353. The quantitative estimate of drug-likeness (QED) is 0.876. The van der Waals surface area contributed by atoms with Crippen LogP contribution >= 0.6 is 0 Å². The number of phenolic OH excluding ortho intramolecular Hbond substituents is 1. The molecule has 1 aliphatic rings. The van der Waals surface area contributed by atoms with Gasteiger partial charge in [0, 0.05) is 18.7 Å². The summed E-state index contributed by atoms with van der Waals surface area (Å²) in [5.74, 6) is 1.73. The van der Waals surface area contributed by atoms with Crippen LogP contribution in [0.25, 0.3) is 0 Å². The molecule has 4 heteroatoms. The van der Waals surface area contributed by atoms with Gasteiger partial charge in [-0.25, -0.2) is 0 Å². The molecule has 0 bridgehead atoms. The Hall–Kier alpha value is -2.23. The molecule has 0 unspecified atom stereocenters. The molecule has 0 spiro atoms. The molecule has 21 heavy (non-hydrogen) atoms. The molecule has 2 heterocycles. The predicted octanol–water partition coefficient (Wildman–Crippen LogP) is 3.11. The first-order chi connectivity index (χ1) is 9.97. The average molecular weight is 285 g/mol. The van der Waals surface area contributed by atoms with Crippen LogP contribution in [0.3, 0.4) is 0 Å². The van der Waals surface area contributed by atoms with Gasteiger partial charge in [-0.15, -0.1) is 0 Å². The third-order valence-corrected chi connectivity index (χ3v) is 4.26. The number of benzene rings is 1. The molecule has 4 nitrogen and oxygen atoms in total. The fourth-order valence-corrected chi connectivity index (χ4v) is 2.98. The number of hydrogen-bond donors (Lipinski definition) is 1. The van der Waals surface area contributed by atoms with E-state index in [4.69, 9.17) is 4.42 Å². The van der Waals surface area contributed by atoms with Crippen molar-refractivity contribution in [1.29, 1.82) is 0 Å². The van der Waals surface area contributed by atoms with E-state index < -0.39 is 0 Å². The molecule has 3 rings (SSSR count). The zero-order valence-electron chi connectivity index (χ0n) is 12.6. The minimum absolute atomic E-state index is 0.0100. The molecule has 1 aliphatic heterocycles. The van der Waals surface area contributed by atoms with Crippen LogP contribution in [0.4, 0.5) is 0 Å². The fourth-order valence-electron chi connectivity index (χ4n) is 2.98. The van der Waals surface area contributed by atoms with Gasteiger partial charge < -0.3 is 14.4 Å². The van der Waals surface area contributed by atoms with Gasteiger partial charge >= 0.3 is 0 Å². The monoisotopic (exact) mass is 285 g/mol. The maximum atomic E-state index is 12.8. The van der Waals surface area contributed by atoms with Crippen molar-refractivity contribution in [1.82, 2.24) is 4.90 Å². The number of aromatic hydroxyl groups is 1. The Bertz CT molecular complexity index is 715. The number of hydrogen-bond acceptors (Lipinski definition) is 3. The molecule has 110 valence electrons. The average Bonchev–Trinajstić information content (AvgIpc) is 2.70. The van der Waals surface area contributed by atoms with Crippen molar-refractivity contribution in [3.05, 3.63) is 52.0 Å². The van der Waals surface area contributed by atoms with E-state index in [-0.39, 0.29) is 11.7 Å². The molecule has 0 saturated heterocycles. The smallest absolute Gasteiger partial charge is 0.257 e. The number of amides is 1. The van der Waals surface area contributed by atoms with E-state index in [0.717, 1.165) is 23.3 Å². The van der Waals surface area contributed by atoms with Crippen molar-refractivity contribution < 1.29 is 14.3 Å². The van der Waals surface area contributed by atoms with Crippen LogP contribution < -0.4 is 0 Å². The molecule has 0 atom stereocenters. The summed E-state index contributed by atoms with van der Waals surface area (Å²) in [6.45, 7) is 6.85. The second-order valence-electron chi connectivity index (χ2n) is 5.64. The van der Waals surface area contributed by atoms with Gasteiger partial charge in [-0.05, 0) is 50.5 Å². The van der Waals surface area contributed by atoms with Gasteiger partial charge in [-0.3, -0.25) is 4.79 Å². The third kappa shape index (κ3) is 2.31. The largest absolute Gasteiger partial charge is 0.508 e. The maximum absolute atomic E-state index is 12.8.